The third-order valence-corrected chi connectivity index (χ3v) is 3.26. The van der Waals surface area contributed by atoms with Gasteiger partial charge in [0.15, 0.2) is 0 Å². The molecule has 0 aliphatic carbocycles. The van der Waals surface area contributed by atoms with E-state index in [-0.39, 0.29) is 12.7 Å². The predicted molar refractivity (Wildman–Crippen MR) is 71.7 cm³/mol. The molecule has 2 rings (SSSR count). The van der Waals surface area contributed by atoms with E-state index in [1.54, 1.807) is 6.20 Å². The highest BCUT2D eigenvalue weighted by Gasteiger charge is 2.21. The summed E-state index contributed by atoms with van der Waals surface area (Å²) >= 11 is 0. The Kier molecular flexibility index (Phi) is 4.38. The Balaban J connectivity index is 1.93. The largest absolute Gasteiger partial charge is 0.397 e. The van der Waals surface area contributed by atoms with E-state index in [2.05, 4.69) is 9.88 Å². The molecule has 0 spiro atoms. The first-order chi connectivity index (χ1) is 8.70. The van der Waals surface area contributed by atoms with Gasteiger partial charge in [0.05, 0.1) is 31.2 Å². The smallest absolute Gasteiger partial charge is 0.131 e. The lowest BCUT2D eigenvalue weighted by atomic mass is 10.1. The summed E-state index contributed by atoms with van der Waals surface area (Å²) in [5, 5.41) is 8.73. The average molecular weight is 251 g/mol. The highest BCUT2D eigenvalue weighted by Crippen LogP contribution is 2.23. The van der Waals surface area contributed by atoms with Crippen molar-refractivity contribution < 1.29 is 9.84 Å². The second kappa shape index (κ2) is 6.02. The zero-order chi connectivity index (χ0) is 13.0. The predicted octanol–water partition coefficient (Wildman–Crippen LogP) is 0.950. The number of piperidine rings is 1. The summed E-state index contributed by atoms with van der Waals surface area (Å²) in [6.07, 6.45) is 3.93. The van der Waals surface area contributed by atoms with E-state index in [0.717, 1.165) is 37.3 Å². The minimum atomic E-state index is 0.0961. The fraction of sp³-hybridized carbons (Fsp3) is 0.615. The monoisotopic (exact) mass is 251 g/mol. The van der Waals surface area contributed by atoms with Crippen molar-refractivity contribution in [2.45, 2.75) is 25.9 Å². The van der Waals surface area contributed by atoms with Crippen molar-refractivity contribution in [3.05, 3.63) is 17.8 Å². The minimum Gasteiger partial charge on any atom is -0.397 e. The SMILES string of the molecule is Cc1cc(N)cnc1N1CCC(OCCO)CC1. The zero-order valence-corrected chi connectivity index (χ0v) is 10.8. The van der Waals surface area contributed by atoms with Crippen LogP contribution in [-0.4, -0.2) is 42.5 Å². The summed E-state index contributed by atoms with van der Waals surface area (Å²) < 4.78 is 5.55. The van der Waals surface area contributed by atoms with Crippen LogP contribution in [0.15, 0.2) is 12.3 Å². The van der Waals surface area contributed by atoms with Crippen molar-refractivity contribution in [3.63, 3.8) is 0 Å². The maximum atomic E-state index is 8.73. The molecule has 0 bridgehead atoms. The van der Waals surface area contributed by atoms with Crippen molar-refractivity contribution in [1.29, 1.82) is 0 Å². The van der Waals surface area contributed by atoms with Gasteiger partial charge in [-0.3, -0.25) is 0 Å². The number of pyridine rings is 1. The van der Waals surface area contributed by atoms with Gasteiger partial charge >= 0.3 is 0 Å². The van der Waals surface area contributed by atoms with Gasteiger partial charge in [-0.25, -0.2) is 4.98 Å². The van der Waals surface area contributed by atoms with Crippen LogP contribution in [0.2, 0.25) is 0 Å². The second-order valence-corrected chi connectivity index (χ2v) is 4.69. The Bertz CT molecular complexity index is 390. The number of hydrogen-bond acceptors (Lipinski definition) is 5. The third-order valence-electron chi connectivity index (χ3n) is 3.26. The van der Waals surface area contributed by atoms with E-state index < -0.39 is 0 Å². The summed E-state index contributed by atoms with van der Waals surface area (Å²) in [7, 11) is 0. The summed E-state index contributed by atoms with van der Waals surface area (Å²) in [5.41, 5.74) is 7.53. The van der Waals surface area contributed by atoms with Crippen molar-refractivity contribution in [1.82, 2.24) is 4.98 Å². The van der Waals surface area contributed by atoms with E-state index in [1.165, 1.54) is 0 Å². The lowest BCUT2D eigenvalue weighted by Crippen LogP contribution is -2.38. The number of aliphatic hydroxyl groups excluding tert-OH is 1. The van der Waals surface area contributed by atoms with E-state index >= 15 is 0 Å². The fourth-order valence-corrected chi connectivity index (χ4v) is 2.37. The molecule has 1 fully saturated rings. The summed E-state index contributed by atoms with van der Waals surface area (Å²) in [6.45, 7) is 4.44. The first-order valence-corrected chi connectivity index (χ1v) is 6.40. The van der Waals surface area contributed by atoms with Crippen LogP contribution in [0.3, 0.4) is 0 Å². The van der Waals surface area contributed by atoms with E-state index in [0.29, 0.717) is 12.3 Å². The Morgan fingerprint density at radius 1 is 1.50 bits per heavy atom. The van der Waals surface area contributed by atoms with Crippen molar-refractivity contribution in [2.75, 3.05) is 36.9 Å². The number of aryl methyl sites for hydroxylation is 1. The Hall–Kier alpha value is -1.33. The molecule has 1 saturated heterocycles. The van der Waals surface area contributed by atoms with Gasteiger partial charge in [-0.15, -0.1) is 0 Å². The number of aromatic nitrogens is 1. The summed E-state index contributed by atoms with van der Waals surface area (Å²) in [4.78, 5) is 6.68. The highest BCUT2D eigenvalue weighted by molar-refractivity contribution is 5.52. The zero-order valence-electron chi connectivity index (χ0n) is 10.8. The first-order valence-electron chi connectivity index (χ1n) is 6.40. The number of hydrogen-bond donors (Lipinski definition) is 2. The molecule has 100 valence electrons. The van der Waals surface area contributed by atoms with E-state index in [4.69, 9.17) is 15.6 Å². The van der Waals surface area contributed by atoms with Crippen LogP contribution < -0.4 is 10.6 Å². The standard InChI is InChI=1S/C13H21N3O2/c1-10-8-11(14)9-15-13(10)16-4-2-12(3-5-16)18-7-6-17/h8-9,12,17H,2-7,14H2,1H3. The Morgan fingerprint density at radius 3 is 2.83 bits per heavy atom. The fourth-order valence-electron chi connectivity index (χ4n) is 2.37. The van der Waals surface area contributed by atoms with Gasteiger partial charge in [-0.05, 0) is 31.4 Å². The molecular weight excluding hydrogens is 230 g/mol. The third kappa shape index (κ3) is 3.11. The number of nitrogens with zero attached hydrogens (tertiary/aromatic N) is 2. The molecule has 5 heteroatoms. The van der Waals surface area contributed by atoms with Crippen molar-refractivity contribution in [2.24, 2.45) is 0 Å². The van der Waals surface area contributed by atoms with Crippen LogP contribution in [-0.2, 0) is 4.74 Å². The molecule has 1 aliphatic heterocycles. The van der Waals surface area contributed by atoms with Gasteiger partial charge in [-0.1, -0.05) is 0 Å². The Labute approximate surface area is 108 Å². The number of nitrogens with two attached hydrogens (primary N) is 1. The number of rotatable bonds is 4. The van der Waals surface area contributed by atoms with Gasteiger partial charge in [0, 0.05) is 13.1 Å². The van der Waals surface area contributed by atoms with E-state index in [1.807, 2.05) is 13.0 Å². The normalized spacial score (nSPS) is 17.1. The number of ether oxygens (including phenoxy) is 1. The van der Waals surface area contributed by atoms with E-state index in [9.17, 15) is 0 Å². The van der Waals surface area contributed by atoms with Gasteiger partial charge < -0.3 is 20.5 Å². The topological polar surface area (TPSA) is 71.6 Å². The molecule has 2 heterocycles. The molecule has 1 aromatic heterocycles. The molecule has 0 aromatic carbocycles. The molecule has 1 aromatic rings. The molecule has 0 unspecified atom stereocenters. The number of aliphatic hydroxyl groups is 1. The highest BCUT2D eigenvalue weighted by atomic mass is 16.5. The Morgan fingerprint density at radius 2 is 2.22 bits per heavy atom. The van der Waals surface area contributed by atoms with Crippen LogP contribution >= 0.6 is 0 Å². The quantitative estimate of drug-likeness (QED) is 0.833. The van der Waals surface area contributed by atoms with Crippen LogP contribution in [0, 0.1) is 6.92 Å². The number of anilines is 2. The molecule has 5 nitrogen and oxygen atoms in total. The maximum Gasteiger partial charge on any atom is 0.131 e. The van der Waals surface area contributed by atoms with Crippen LogP contribution in [0.4, 0.5) is 11.5 Å². The second-order valence-electron chi connectivity index (χ2n) is 4.69. The summed E-state index contributed by atoms with van der Waals surface area (Å²) in [5.74, 6) is 1.02. The van der Waals surface area contributed by atoms with Crippen molar-refractivity contribution >= 4 is 11.5 Å². The molecule has 0 radical (unpaired) electrons. The number of nitrogen functional groups attached to an aromatic ring is 1. The van der Waals surface area contributed by atoms with Crippen LogP contribution in [0.5, 0.6) is 0 Å². The molecule has 18 heavy (non-hydrogen) atoms. The molecule has 0 amide bonds. The first kappa shape index (κ1) is 13.1. The van der Waals surface area contributed by atoms with Crippen LogP contribution in [0.25, 0.3) is 0 Å². The maximum absolute atomic E-state index is 8.73. The van der Waals surface area contributed by atoms with Gasteiger partial charge in [0.25, 0.3) is 0 Å². The lowest BCUT2D eigenvalue weighted by Gasteiger charge is -2.33. The van der Waals surface area contributed by atoms with Gasteiger partial charge in [0.1, 0.15) is 5.82 Å². The molecule has 1 aliphatic rings. The van der Waals surface area contributed by atoms with Crippen molar-refractivity contribution in [3.8, 4) is 0 Å². The molecule has 0 saturated carbocycles. The molecular formula is C13H21N3O2. The van der Waals surface area contributed by atoms with Gasteiger partial charge in [-0.2, -0.15) is 0 Å². The average Bonchev–Trinajstić information content (AvgIpc) is 2.37. The summed E-state index contributed by atoms with van der Waals surface area (Å²) in [6, 6.07) is 1.96. The minimum absolute atomic E-state index is 0.0961. The molecule has 3 N–H and O–H groups in total. The lowest BCUT2D eigenvalue weighted by molar-refractivity contribution is 0.0158. The molecule has 0 atom stereocenters. The van der Waals surface area contributed by atoms with Crippen LogP contribution in [0.1, 0.15) is 18.4 Å². The van der Waals surface area contributed by atoms with Gasteiger partial charge in [0.2, 0.25) is 0 Å².